The summed E-state index contributed by atoms with van der Waals surface area (Å²) < 4.78 is 5.18. The molecule has 0 atom stereocenters. The Labute approximate surface area is 99.1 Å². The lowest BCUT2D eigenvalue weighted by molar-refractivity contribution is 0.602. The highest BCUT2D eigenvalue weighted by Gasteiger charge is 2.05. The number of hydrogen-bond acceptors (Lipinski definition) is 3. The van der Waals surface area contributed by atoms with Gasteiger partial charge in [-0.15, -0.1) is 0 Å². The molecule has 0 N–H and O–H groups in total. The van der Waals surface area contributed by atoms with E-state index in [1.807, 2.05) is 12.1 Å². The first-order valence-corrected chi connectivity index (χ1v) is 5.52. The maximum absolute atomic E-state index is 5.18. The Morgan fingerprint density at radius 3 is 2.71 bits per heavy atom. The minimum Gasteiger partial charge on any atom is -0.442 e. The normalized spacial score (nSPS) is 10.9. The Morgan fingerprint density at radius 2 is 1.88 bits per heavy atom. The molecule has 2 aromatic heterocycles. The molecule has 0 fully saturated rings. The zero-order valence-electron chi connectivity index (χ0n) is 9.77. The largest absolute Gasteiger partial charge is 0.442 e. The lowest BCUT2D eigenvalue weighted by atomic mass is 10.0. The molecule has 0 bridgehead atoms. The fourth-order valence-electron chi connectivity index (χ4n) is 1.81. The number of fused-ring (bicyclic) bond motifs is 1. The van der Waals surface area contributed by atoms with Crippen molar-refractivity contribution in [2.75, 3.05) is 0 Å². The number of oxazole rings is 1. The first-order valence-electron chi connectivity index (χ1n) is 5.52. The maximum atomic E-state index is 5.18. The second kappa shape index (κ2) is 3.70. The van der Waals surface area contributed by atoms with Crippen molar-refractivity contribution in [3.05, 3.63) is 47.9 Å². The van der Waals surface area contributed by atoms with Crippen LogP contribution in [0, 0.1) is 13.8 Å². The molecule has 0 amide bonds. The quantitative estimate of drug-likeness (QED) is 0.635. The Morgan fingerprint density at radius 1 is 1.00 bits per heavy atom. The zero-order valence-corrected chi connectivity index (χ0v) is 9.77. The van der Waals surface area contributed by atoms with Crippen LogP contribution in [0.5, 0.6) is 0 Å². The highest BCUT2D eigenvalue weighted by atomic mass is 16.3. The molecule has 17 heavy (non-hydrogen) atoms. The predicted octanol–water partition coefficient (Wildman–Crippen LogP) is 3.51. The number of hydrogen-bond donors (Lipinski definition) is 0. The Bertz CT molecular complexity index is 686. The second-order valence-corrected chi connectivity index (χ2v) is 4.17. The summed E-state index contributed by atoms with van der Waals surface area (Å²) in [6, 6.07) is 10.2. The van der Waals surface area contributed by atoms with Gasteiger partial charge in [0.15, 0.2) is 17.6 Å². The van der Waals surface area contributed by atoms with Crippen LogP contribution < -0.4 is 0 Å². The molecule has 3 heteroatoms. The molecule has 0 aliphatic carbocycles. The molecule has 0 unspecified atom stereocenters. The SMILES string of the molecule is Cc1ccc(-c2ccc3ocnc3n2)cc1C. The van der Waals surface area contributed by atoms with Gasteiger partial charge < -0.3 is 4.42 Å². The van der Waals surface area contributed by atoms with E-state index in [-0.39, 0.29) is 0 Å². The summed E-state index contributed by atoms with van der Waals surface area (Å²) in [6.07, 6.45) is 1.42. The first-order chi connectivity index (χ1) is 8.24. The molecule has 2 heterocycles. The highest BCUT2D eigenvalue weighted by Crippen LogP contribution is 2.22. The van der Waals surface area contributed by atoms with E-state index >= 15 is 0 Å². The average Bonchev–Trinajstić information content (AvgIpc) is 2.79. The van der Waals surface area contributed by atoms with Crippen molar-refractivity contribution in [2.45, 2.75) is 13.8 Å². The van der Waals surface area contributed by atoms with Crippen molar-refractivity contribution in [3.8, 4) is 11.3 Å². The lowest BCUT2D eigenvalue weighted by Gasteiger charge is -2.04. The van der Waals surface area contributed by atoms with Gasteiger partial charge in [-0.1, -0.05) is 12.1 Å². The molecular weight excluding hydrogens is 212 g/mol. The fourth-order valence-corrected chi connectivity index (χ4v) is 1.81. The average molecular weight is 224 g/mol. The number of rotatable bonds is 1. The van der Waals surface area contributed by atoms with Crippen LogP contribution >= 0.6 is 0 Å². The van der Waals surface area contributed by atoms with Crippen LogP contribution in [0.25, 0.3) is 22.5 Å². The molecule has 3 nitrogen and oxygen atoms in total. The third-order valence-electron chi connectivity index (χ3n) is 3.00. The smallest absolute Gasteiger partial charge is 0.199 e. The van der Waals surface area contributed by atoms with Crippen LogP contribution in [0.3, 0.4) is 0 Å². The number of aromatic nitrogens is 2. The van der Waals surface area contributed by atoms with E-state index in [1.54, 1.807) is 0 Å². The number of benzene rings is 1. The first kappa shape index (κ1) is 10.0. The summed E-state index contributed by atoms with van der Waals surface area (Å²) in [4.78, 5) is 8.54. The topological polar surface area (TPSA) is 38.9 Å². The summed E-state index contributed by atoms with van der Waals surface area (Å²) in [5.74, 6) is 0. The molecule has 0 aliphatic rings. The Kier molecular flexibility index (Phi) is 2.18. The van der Waals surface area contributed by atoms with Crippen molar-refractivity contribution >= 4 is 11.2 Å². The van der Waals surface area contributed by atoms with Crippen molar-refractivity contribution in [1.29, 1.82) is 0 Å². The molecule has 3 rings (SSSR count). The summed E-state index contributed by atoms with van der Waals surface area (Å²) in [6.45, 7) is 4.21. The number of nitrogens with zero attached hydrogens (tertiary/aromatic N) is 2. The molecule has 0 aliphatic heterocycles. The minimum absolute atomic E-state index is 0.653. The Balaban J connectivity index is 2.16. The maximum Gasteiger partial charge on any atom is 0.199 e. The van der Waals surface area contributed by atoms with Gasteiger partial charge in [0.25, 0.3) is 0 Å². The lowest BCUT2D eigenvalue weighted by Crippen LogP contribution is -1.87. The summed E-state index contributed by atoms with van der Waals surface area (Å²) >= 11 is 0. The van der Waals surface area contributed by atoms with E-state index in [4.69, 9.17) is 4.42 Å². The minimum atomic E-state index is 0.653. The monoisotopic (exact) mass is 224 g/mol. The number of aryl methyl sites for hydroxylation is 2. The van der Waals surface area contributed by atoms with Crippen LogP contribution in [-0.2, 0) is 0 Å². The van der Waals surface area contributed by atoms with E-state index in [2.05, 4.69) is 42.0 Å². The standard InChI is InChI=1S/C14H12N2O/c1-9-3-4-11(7-10(9)2)12-5-6-13-14(16-12)15-8-17-13/h3-8H,1-2H3. The third kappa shape index (κ3) is 1.69. The van der Waals surface area contributed by atoms with Gasteiger partial charge in [0.2, 0.25) is 0 Å². The zero-order chi connectivity index (χ0) is 11.8. The molecule has 0 radical (unpaired) electrons. The van der Waals surface area contributed by atoms with Gasteiger partial charge in [0, 0.05) is 5.56 Å². The molecular formula is C14H12N2O. The van der Waals surface area contributed by atoms with Gasteiger partial charge in [-0.3, -0.25) is 0 Å². The third-order valence-corrected chi connectivity index (χ3v) is 3.00. The van der Waals surface area contributed by atoms with Gasteiger partial charge in [0.05, 0.1) is 5.69 Å². The van der Waals surface area contributed by atoms with Crippen molar-refractivity contribution in [3.63, 3.8) is 0 Å². The van der Waals surface area contributed by atoms with Crippen LogP contribution in [0.4, 0.5) is 0 Å². The fraction of sp³-hybridized carbons (Fsp3) is 0.143. The van der Waals surface area contributed by atoms with Gasteiger partial charge in [-0.25, -0.2) is 4.98 Å². The van der Waals surface area contributed by atoms with Crippen molar-refractivity contribution in [1.82, 2.24) is 9.97 Å². The van der Waals surface area contributed by atoms with Crippen LogP contribution in [0.1, 0.15) is 11.1 Å². The molecule has 84 valence electrons. The molecule has 0 spiro atoms. The van der Waals surface area contributed by atoms with E-state index < -0.39 is 0 Å². The summed E-state index contributed by atoms with van der Waals surface area (Å²) in [5.41, 5.74) is 5.96. The van der Waals surface area contributed by atoms with E-state index in [0.29, 0.717) is 5.65 Å². The number of pyridine rings is 1. The Hall–Kier alpha value is -2.16. The second-order valence-electron chi connectivity index (χ2n) is 4.17. The molecule has 3 aromatic rings. The van der Waals surface area contributed by atoms with Gasteiger partial charge in [-0.2, -0.15) is 4.98 Å². The van der Waals surface area contributed by atoms with Crippen molar-refractivity contribution in [2.24, 2.45) is 0 Å². The van der Waals surface area contributed by atoms with Crippen LogP contribution in [0.15, 0.2) is 41.1 Å². The molecule has 0 saturated carbocycles. The predicted molar refractivity (Wildman–Crippen MR) is 66.7 cm³/mol. The van der Waals surface area contributed by atoms with E-state index in [1.165, 1.54) is 17.5 Å². The van der Waals surface area contributed by atoms with E-state index in [9.17, 15) is 0 Å². The van der Waals surface area contributed by atoms with Crippen molar-refractivity contribution < 1.29 is 4.42 Å². The van der Waals surface area contributed by atoms with Gasteiger partial charge >= 0.3 is 0 Å². The van der Waals surface area contributed by atoms with Gasteiger partial charge in [-0.05, 0) is 43.2 Å². The van der Waals surface area contributed by atoms with E-state index in [0.717, 1.165) is 16.8 Å². The highest BCUT2D eigenvalue weighted by molar-refractivity contribution is 5.73. The van der Waals surface area contributed by atoms with Crippen LogP contribution in [0.2, 0.25) is 0 Å². The molecule has 1 aromatic carbocycles. The van der Waals surface area contributed by atoms with Gasteiger partial charge in [0.1, 0.15) is 0 Å². The summed E-state index contributed by atoms with van der Waals surface area (Å²) in [5, 5.41) is 0. The summed E-state index contributed by atoms with van der Waals surface area (Å²) in [7, 11) is 0. The van der Waals surface area contributed by atoms with Crippen LogP contribution in [-0.4, -0.2) is 9.97 Å². The molecule has 0 saturated heterocycles.